The lowest BCUT2D eigenvalue weighted by Crippen LogP contribution is -2.21. The van der Waals surface area contributed by atoms with Gasteiger partial charge in [-0.15, -0.1) is 11.3 Å². The number of carbonyl (C=O) groups is 1. The van der Waals surface area contributed by atoms with Gasteiger partial charge in [0.05, 0.1) is 11.3 Å². The van der Waals surface area contributed by atoms with Crippen molar-refractivity contribution in [3.8, 4) is 6.07 Å². The molecule has 1 amide bonds. The average Bonchev–Trinajstić information content (AvgIpc) is 2.75. The Labute approximate surface area is 134 Å². The lowest BCUT2D eigenvalue weighted by Gasteiger charge is -2.18. The van der Waals surface area contributed by atoms with Crippen molar-refractivity contribution >= 4 is 43.9 Å². The Balaban J connectivity index is 2.37. The van der Waals surface area contributed by atoms with Crippen molar-refractivity contribution < 1.29 is 4.79 Å². The first-order valence-corrected chi connectivity index (χ1v) is 7.62. The number of carbonyl (C=O) groups excluding carboxylic acids is 1. The van der Waals surface area contributed by atoms with Gasteiger partial charge in [-0.25, -0.2) is 0 Å². The van der Waals surface area contributed by atoms with Crippen LogP contribution < -0.4 is 16.4 Å². The first-order valence-electron chi connectivity index (χ1n) is 6.01. The summed E-state index contributed by atoms with van der Waals surface area (Å²) in [5.41, 5.74) is 12.6. The second-order valence-electron chi connectivity index (χ2n) is 4.49. The average molecular weight is 365 g/mol. The van der Waals surface area contributed by atoms with E-state index in [2.05, 4.69) is 15.9 Å². The molecule has 0 atom stereocenters. The molecule has 5 nitrogen and oxygen atoms in total. The summed E-state index contributed by atoms with van der Waals surface area (Å²) in [6.45, 7) is 0.574. The van der Waals surface area contributed by atoms with Gasteiger partial charge < -0.3 is 16.4 Å². The summed E-state index contributed by atoms with van der Waals surface area (Å²) >= 11 is 4.59. The number of hydrogen-bond donors (Lipinski definition) is 2. The molecule has 21 heavy (non-hydrogen) atoms. The van der Waals surface area contributed by atoms with Crippen LogP contribution in [0.4, 0.5) is 10.7 Å². The zero-order valence-electron chi connectivity index (χ0n) is 11.3. The molecule has 108 valence electrons. The Bertz CT molecular complexity index is 735. The summed E-state index contributed by atoms with van der Waals surface area (Å²) in [6.07, 6.45) is 0. The minimum Gasteiger partial charge on any atom is -0.396 e. The van der Waals surface area contributed by atoms with E-state index in [-0.39, 0.29) is 11.3 Å². The number of rotatable bonds is 4. The highest BCUT2D eigenvalue weighted by Gasteiger charge is 2.22. The van der Waals surface area contributed by atoms with E-state index in [9.17, 15) is 4.79 Å². The molecule has 0 aliphatic carbocycles. The lowest BCUT2D eigenvalue weighted by molar-refractivity contribution is 0.100. The second kappa shape index (κ2) is 6.16. The van der Waals surface area contributed by atoms with Crippen LogP contribution in [0.3, 0.4) is 0 Å². The lowest BCUT2D eigenvalue weighted by atomic mass is 10.2. The predicted molar refractivity (Wildman–Crippen MR) is 88.2 cm³/mol. The topological polar surface area (TPSA) is 96.1 Å². The molecule has 0 aliphatic heterocycles. The molecule has 0 spiro atoms. The van der Waals surface area contributed by atoms with Gasteiger partial charge in [0, 0.05) is 18.1 Å². The number of amides is 1. The third-order valence-corrected chi connectivity index (χ3v) is 4.65. The van der Waals surface area contributed by atoms with Crippen LogP contribution in [-0.4, -0.2) is 13.0 Å². The van der Waals surface area contributed by atoms with Gasteiger partial charge in [-0.2, -0.15) is 5.26 Å². The summed E-state index contributed by atoms with van der Waals surface area (Å²) in [7, 11) is 1.83. The number of primary amides is 1. The molecule has 4 N–H and O–H groups in total. The monoisotopic (exact) mass is 364 g/mol. The van der Waals surface area contributed by atoms with Crippen LogP contribution in [0.2, 0.25) is 0 Å². The minimum atomic E-state index is -0.624. The van der Waals surface area contributed by atoms with Gasteiger partial charge in [-0.1, -0.05) is 28.1 Å². The Morgan fingerprint density at radius 3 is 2.81 bits per heavy atom. The highest BCUT2D eigenvalue weighted by Crippen LogP contribution is 2.37. The number of nitrogens with two attached hydrogens (primary N) is 2. The molecule has 0 aliphatic rings. The van der Waals surface area contributed by atoms with Gasteiger partial charge >= 0.3 is 0 Å². The molecular weight excluding hydrogens is 352 g/mol. The van der Waals surface area contributed by atoms with Crippen molar-refractivity contribution in [3.05, 3.63) is 44.7 Å². The first kappa shape index (κ1) is 15.4. The van der Waals surface area contributed by atoms with Crippen LogP contribution in [0, 0.1) is 11.3 Å². The van der Waals surface area contributed by atoms with Crippen LogP contribution in [0.25, 0.3) is 0 Å². The number of nitrogen functional groups attached to an aromatic ring is 1. The highest BCUT2D eigenvalue weighted by atomic mass is 79.9. The van der Waals surface area contributed by atoms with Crippen LogP contribution in [0.15, 0.2) is 28.7 Å². The van der Waals surface area contributed by atoms with E-state index in [1.807, 2.05) is 42.3 Å². The number of hydrogen-bond acceptors (Lipinski definition) is 5. The number of nitriles is 1. The van der Waals surface area contributed by atoms with E-state index in [0.717, 1.165) is 10.0 Å². The molecule has 1 aromatic carbocycles. The first-order chi connectivity index (χ1) is 9.93. The van der Waals surface area contributed by atoms with Crippen LogP contribution in [0.5, 0.6) is 0 Å². The number of anilines is 2. The molecule has 7 heteroatoms. The minimum absolute atomic E-state index is 0.158. The van der Waals surface area contributed by atoms with Gasteiger partial charge in [-0.05, 0) is 17.7 Å². The molecule has 0 radical (unpaired) electrons. The fourth-order valence-corrected chi connectivity index (χ4v) is 3.43. The van der Waals surface area contributed by atoms with Crippen molar-refractivity contribution in [1.82, 2.24) is 0 Å². The van der Waals surface area contributed by atoms with Gasteiger partial charge in [0.1, 0.15) is 15.9 Å². The van der Waals surface area contributed by atoms with E-state index in [4.69, 9.17) is 16.7 Å². The van der Waals surface area contributed by atoms with Gasteiger partial charge in [0.15, 0.2) is 0 Å². The van der Waals surface area contributed by atoms with Crippen LogP contribution in [0.1, 0.15) is 20.8 Å². The Kier molecular flexibility index (Phi) is 4.50. The van der Waals surface area contributed by atoms with Crippen molar-refractivity contribution in [2.45, 2.75) is 6.54 Å². The molecule has 0 unspecified atom stereocenters. The molecule has 1 heterocycles. The Morgan fingerprint density at radius 2 is 2.24 bits per heavy atom. The second-order valence-corrected chi connectivity index (χ2v) is 6.40. The molecule has 0 saturated carbocycles. The van der Waals surface area contributed by atoms with Crippen molar-refractivity contribution in [2.75, 3.05) is 17.7 Å². The Morgan fingerprint density at radius 1 is 1.52 bits per heavy atom. The zero-order valence-corrected chi connectivity index (χ0v) is 13.7. The third-order valence-electron chi connectivity index (χ3n) is 2.93. The van der Waals surface area contributed by atoms with Gasteiger partial charge in [0.25, 0.3) is 5.91 Å². The molecule has 2 rings (SSSR count). The molecule has 0 bridgehead atoms. The van der Waals surface area contributed by atoms with Crippen molar-refractivity contribution in [1.29, 1.82) is 5.26 Å². The maximum absolute atomic E-state index is 11.6. The fraction of sp³-hybridized carbons (Fsp3) is 0.143. The summed E-state index contributed by atoms with van der Waals surface area (Å²) in [4.78, 5) is 13.8. The standard InChI is InChI=1S/C14H13BrN4OS/c1-19(7-8-3-2-4-9(15)5-8)14-11(13(18)20)12(17)10(6-16)21-14/h2-5H,7,17H2,1H3,(H2,18,20). The smallest absolute Gasteiger partial charge is 0.253 e. The number of benzene rings is 1. The molecule has 0 fully saturated rings. The zero-order chi connectivity index (χ0) is 15.6. The number of nitrogens with zero attached hydrogens (tertiary/aromatic N) is 2. The van der Waals surface area contributed by atoms with Gasteiger partial charge in [-0.3, -0.25) is 4.79 Å². The van der Waals surface area contributed by atoms with E-state index < -0.39 is 5.91 Å². The van der Waals surface area contributed by atoms with Crippen LogP contribution in [-0.2, 0) is 6.54 Å². The number of thiophene rings is 1. The maximum atomic E-state index is 11.6. The van der Waals surface area contributed by atoms with E-state index in [0.29, 0.717) is 16.4 Å². The fourth-order valence-electron chi connectivity index (χ4n) is 2.00. The SMILES string of the molecule is CN(Cc1cccc(Br)c1)c1sc(C#N)c(N)c1C(N)=O. The van der Waals surface area contributed by atoms with E-state index >= 15 is 0 Å². The largest absolute Gasteiger partial charge is 0.396 e. The molecule has 1 aromatic heterocycles. The molecular formula is C14H13BrN4OS. The van der Waals surface area contributed by atoms with E-state index in [1.165, 1.54) is 11.3 Å². The molecule has 0 saturated heterocycles. The Hall–Kier alpha value is -2.04. The van der Waals surface area contributed by atoms with E-state index in [1.54, 1.807) is 0 Å². The normalized spacial score (nSPS) is 10.1. The third kappa shape index (κ3) is 3.17. The predicted octanol–water partition coefficient (Wildman–Crippen LogP) is 2.70. The van der Waals surface area contributed by atoms with Crippen molar-refractivity contribution in [3.63, 3.8) is 0 Å². The summed E-state index contributed by atoms with van der Waals surface area (Å²) < 4.78 is 0.979. The quantitative estimate of drug-likeness (QED) is 0.871. The summed E-state index contributed by atoms with van der Waals surface area (Å²) in [5, 5.41) is 9.66. The van der Waals surface area contributed by atoms with Crippen molar-refractivity contribution in [2.24, 2.45) is 5.73 Å². The summed E-state index contributed by atoms with van der Waals surface area (Å²) in [6, 6.07) is 9.83. The van der Waals surface area contributed by atoms with Gasteiger partial charge in [0.2, 0.25) is 0 Å². The summed E-state index contributed by atoms with van der Waals surface area (Å²) in [5.74, 6) is -0.624. The number of halogens is 1. The van der Waals surface area contributed by atoms with Crippen LogP contribution >= 0.6 is 27.3 Å². The molecule has 2 aromatic rings. The highest BCUT2D eigenvalue weighted by molar-refractivity contribution is 9.10. The maximum Gasteiger partial charge on any atom is 0.253 e.